The Morgan fingerprint density at radius 1 is 1.03 bits per heavy atom. The summed E-state index contributed by atoms with van der Waals surface area (Å²) < 4.78 is 0. The molecular formula is C23H19ClN2O3. The van der Waals surface area contributed by atoms with Gasteiger partial charge in [-0.2, -0.15) is 5.26 Å². The van der Waals surface area contributed by atoms with Gasteiger partial charge in [-0.3, -0.25) is 4.79 Å². The van der Waals surface area contributed by atoms with Crippen LogP contribution in [0.2, 0.25) is 5.02 Å². The van der Waals surface area contributed by atoms with E-state index in [9.17, 15) is 15.0 Å². The molecule has 0 aliphatic carbocycles. The first-order chi connectivity index (χ1) is 14.0. The van der Waals surface area contributed by atoms with E-state index in [2.05, 4.69) is 5.32 Å². The molecule has 0 aliphatic heterocycles. The minimum atomic E-state index is -1.83. The molecule has 1 amide bonds. The summed E-state index contributed by atoms with van der Waals surface area (Å²) in [5, 5.41) is 32.5. The largest absolute Gasteiger partial charge is 0.392 e. The maximum atomic E-state index is 13.1. The highest BCUT2D eigenvalue weighted by atomic mass is 35.5. The van der Waals surface area contributed by atoms with Crippen molar-refractivity contribution in [3.8, 4) is 6.07 Å². The Balaban J connectivity index is 1.93. The van der Waals surface area contributed by atoms with Gasteiger partial charge >= 0.3 is 0 Å². The third kappa shape index (κ3) is 4.64. The van der Waals surface area contributed by atoms with Crippen molar-refractivity contribution in [1.82, 2.24) is 0 Å². The van der Waals surface area contributed by atoms with Crippen LogP contribution in [-0.2, 0) is 23.4 Å². The number of carbonyl (C=O) groups excluding carboxylic acids is 1. The molecule has 0 bridgehead atoms. The molecular weight excluding hydrogens is 388 g/mol. The Morgan fingerprint density at radius 2 is 1.69 bits per heavy atom. The minimum absolute atomic E-state index is 0.0402. The first-order valence-corrected chi connectivity index (χ1v) is 9.32. The lowest BCUT2D eigenvalue weighted by atomic mass is 9.86. The zero-order chi connectivity index (χ0) is 20.9. The van der Waals surface area contributed by atoms with E-state index in [0.717, 1.165) is 11.1 Å². The van der Waals surface area contributed by atoms with Crippen LogP contribution >= 0.6 is 11.6 Å². The topological polar surface area (TPSA) is 93.4 Å². The molecule has 3 rings (SSSR count). The second-order valence-corrected chi connectivity index (χ2v) is 7.05. The smallest absolute Gasteiger partial charge is 0.261 e. The second-order valence-electron chi connectivity index (χ2n) is 6.64. The summed E-state index contributed by atoms with van der Waals surface area (Å²) in [6, 6.07) is 22.2. The van der Waals surface area contributed by atoms with Gasteiger partial charge in [-0.05, 0) is 34.9 Å². The van der Waals surface area contributed by atoms with Gasteiger partial charge in [0.1, 0.15) is 6.07 Å². The van der Waals surface area contributed by atoms with Crippen molar-refractivity contribution in [3.05, 3.63) is 100 Å². The van der Waals surface area contributed by atoms with Crippen molar-refractivity contribution in [2.75, 3.05) is 5.32 Å². The molecule has 0 radical (unpaired) electrons. The summed E-state index contributed by atoms with van der Waals surface area (Å²) in [7, 11) is 0. The summed E-state index contributed by atoms with van der Waals surface area (Å²) >= 11 is 6.05. The van der Waals surface area contributed by atoms with Gasteiger partial charge in [0.2, 0.25) is 0 Å². The van der Waals surface area contributed by atoms with E-state index in [0.29, 0.717) is 16.8 Å². The predicted octanol–water partition coefficient (Wildman–Crippen LogP) is 3.77. The van der Waals surface area contributed by atoms with Gasteiger partial charge in [0.05, 0.1) is 17.2 Å². The zero-order valence-electron chi connectivity index (χ0n) is 15.5. The van der Waals surface area contributed by atoms with Gasteiger partial charge in [-0.15, -0.1) is 0 Å². The number of hydrogen-bond acceptors (Lipinski definition) is 4. The van der Waals surface area contributed by atoms with Crippen LogP contribution in [0.5, 0.6) is 0 Å². The fourth-order valence-corrected chi connectivity index (χ4v) is 3.23. The van der Waals surface area contributed by atoms with Crippen LogP contribution < -0.4 is 5.32 Å². The number of anilines is 1. The molecule has 6 heteroatoms. The summed E-state index contributed by atoms with van der Waals surface area (Å²) in [5.74, 6) is -0.615. The molecule has 1 atom stereocenters. The number of halogens is 1. The van der Waals surface area contributed by atoms with Crippen molar-refractivity contribution in [2.45, 2.75) is 18.6 Å². The minimum Gasteiger partial charge on any atom is -0.392 e. The number of benzene rings is 3. The molecule has 3 aromatic rings. The van der Waals surface area contributed by atoms with Gasteiger partial charge in [-0.25, -0.2) is 0 Å². The molecule has 0 fully saturated rings. The lowest BCUT2D eigenvalue weighted by Crippen LogP contribution is -2.42. The SMILES string of the molecule is N#Cc1ccc(NC(=O)C(O)(Cc2ccc(CO)cc2)c2ccccc2)cc1Cl. The third-order valence-electron chi connectivity index (χ3n) is 4.64. The molecule has 0 aliphatic rings. The molecule has 3 N–H and O–H groups in total. The van der Waals surface area contributed by atoms with Gasteiger partial charge in [0, 0.05) is 12.1 Å². The van der Waals surface area contributed by atoms with Crippen molar-refractivity contribution in [3.63, 3.8) is 0 Å². The van der Waals surface area contributed by atoms with Gasteiger partial charge in [-0.1, -0.05) is 66.2 Å². The fourth-order valence-electron chi connectivity index (χ4n) is 3.00. The van der Waals surface area contributed by atoms with Crippen LogP contribution in [0.25, 0.3) is 0 Å². The van der Waals surface area contributed by atoms with Crippen molar-refractivity contribution >= 4 is 23.2 Å². The van der Waals surface area contributed by atoms with Crippen LogP contribution in [-0.4, -0.2) is 16.1 Å². The average Bonchev–Trinajstić information content (AvgIpc) is 2.75. The Bertz CT molecular complexity index is 1050. The molecule has 0 aromatic heterocycles. The van der Waals surface area contributed by atoms with Crippen molar-refractivity contribution in [2.24, 2.45) is 0 Å². The lowest BCUT2D eigenvalue weighted by Gasteiger charge is -2.28. The highest BCUT2D eigenvalue weighted by Gasteiger charge is 2.38. The third-order valence-corrected chi connectivity index (χ3v) is 4.95. The quantitative estimate of drug-likeness (QED) is 0.580. The summed E-state index contributed by atoms with van der Waals surface area (Å²) in [6.45, 7) is -0.0802. The average molecular weight is 407 g/mol. The number of hydrogen-bond donors (Lipinski definition) is 3. The number of aliphatic hydroxyl groups is 2. The molecule has 5 nitrogen and oxygen atoms in total. The highest BCUT2D eigenvalue weighted by molar-refractivity contribution is 6.32. The first-order valence-electron chi connectivity index (χ1n) is 8.94. The number of nitrogens with zero attached hydrogens (tertiary/aromatic N) is 1. The van der Waals surface area contributed by atoms with Crippen LogP contribution in [0, 0.1) is 11.3 Å². The molecule has 0 spiro atoms. The molecule has 0 saturated carbocycles. The number of carbonyl (C=O) groups is 1. The Morgan fingerprint density at radius 3 is 2.28 bits per heavy atom. The standard InChI is InChI=1S/C23H19ClN2O3/c24-21-12-20(11-10-18(21)14-25)26-22(28)23(29,19-4-2-1-3-5-19)13-16-6-8-17(15-27)9-7-16/h1-12,27,29H,13,15H2,(H,26,28). The van der Waals surface area contributed by atoms with E-state index < -0.39 is 11.5 Å². The molecule has 29 heavy (non-hydrogen) atoms. The Kier molecular flexibility index (Phi) is 6.30. The molecule has 0 saturated heterocycles. The number of nitrogens with one attached hydrogen (secondary N) is 1. The molecule has 3 aromatic carbocycles. The predicted molar refractivity (Wildman–Crippen MR) is 111 cm³/mol. The monoisotopic (exact) mass is 406 g/mol. The summed E-state index contributed by atoms with van der Waals surface area (Å²) in [5.41, 5.74) is 0.775. The number of rotatable bonds is 6. The van der Waals surface area contributed by atoms with Crippen LogP contribution in [0.4, 0.5) is 5.69 Å². The van der Waals surface area contributed by atoms with Gasteiger partial charge in [0.15, 0.2) is 5.60 Å². The molecule has 0 heterocycles. The van der Waals surface area contributed by atoms with Crippen LogP contribution in [0.3, 0.4) is 0 Å². The Labute approximate surface area is 173 Å². The van der Waals surface area contributed by atoms with Crippen LogP contribution in [0.1, 0.15) is 22.3 Å². The zero-order valence-corrected chi connectivity index (χ0v) is 16.2. The first kappa shape index (κ1) is 20.6. The second kappa shape index (κ2) is 8.89. The van der Waals surface area contributed by atoms with Crippen LogP contribution in [0.15, 0.2) is 72.8 Å². The normalized spacial score (nSPS) is 12.6. The van der Waals surface area contributed by atoms with E-state index in [-0.39, 0.29) is 18.1 Å². The summed E-state index contributed by atoms with van der Waals surface area (Å²) in [6.07, 6.45) is 0.0402. The maximum absolute atomic E-state index is 13.1. The highest BCUT2D eigenvalue weighted by Crippen LogP contribution is 2.29. The number of nitriles is 1. The fraction of sp³-hybridized carbons (Fsp3) is 0.130. The van der Waals surface area contributed by atoms with Gasteiger partial charge < -0.3 is 15.5 Å². The van der Waals surface area contributed by atoms with Crippen molar-refractivity contribution < 1.29 is 15.0 Å². The summed E-state index contributed by atoms with van der Waals surface area (Å²) in [4.78, 5) is 13.1. The molecule has 146 valence electrons. The van der Waals surface area contributed by atoms with E-state index in [4.69, 9.17) is 16.9 Å². The van der Waals surface area contributed by atoms with E-state index >= 15 is 0 Å². The Hall–Kier alpha value is -3.17. The van der Waals surface area contributed by atoms with E-state index in [1.807, 2.05) is 6.07 Å². The molecule has 1 unspecified atom stereocenters. The maximum Gasteiger partial charge on any atom is 0.261 e. The van der Waals surface area contributed by atoms with E-state index in [1.165, 1.54) is 12.1 Å². The van der Waals surface area contributed by atoms with Crippen molar-refractivity contribution in [1.29, 1.82) is 5.26 Å². The lowest BCUT2D eigenvalue weighted by molar-refractivity contribution is -0.135. The number of amides is 1. The number of aliphatic hydroxyl groups excluding tert-OH is 1. The van der Waals surface area contributed by atoms with E-state index in [1.54, 1.807) is 60.7 Å². The van der Waals surface area contributed by atoms with Gasteiger partial charge in [0.25, 0.3) is 5.91 Å².